The summed E-state index contributed by atoms with van der Waals surface area (Å²) in [5.74, 6) is 0.949. The van der Waals surface area contributed by atoms with Gasteiger partial charge in [0, 0.05) is 6.04 Å². The van der Waals surface area contributed by atoms with Gasteiger partial charge in [-0.05, 0) is 31.2 Å². The van der Waals surface area contributed by atoms with E-state index in [4.69, 9.17) is 0 Å². The van der Waals surface area contributed by atoms with Crippen LogP contribution in [0.1, 0.15) is 33.6 Å². The normalized spacial score (nSPS) is 30.5. The van der Waals surface area contributed by atoms with Crippen LogP contribution >= 0.6 is 12.4 Å². The molecule has 0 aromatic rings. The van der Waals surface area contributed by atoms with E-state index >= 15 is 0 Å². The van der Waals surface area contributed by atoms with Crippen LogP contribution in [0.4, 0.5) is 0 Å². The Morgan fingerprint density at radius 3 is 1.91 bits per heavy atom. The first-order valence-corrected chi connectivity index (χ1v) is 4.21. The largest absolute Gasteiger partial charge is 0.317 e. The van der Waals surface area contributed by atoms with Crippen molar-refractivity contribution in [1.29, 1.82) is 0 Å². The van der Waals surface area contributed by atoms with Gasteiger partial charge in [-0.3, -0.25) is 0 Å². The molecule has 0 amide bonds. The highest BCUT2D eigenvalue weighted by atomic mass is 35.5. The van der Waals surface area contributed by atoms with Crippen molar-refractivity contribution >= 4 is 12.4 Å². The Hall–Kier alpha value is 0.250. The Kier molecular flexibility index (Phi) is 3.86. The Balaban J connectivity index is 0.000001000. The van der Waals surface area contributed by atoms with Gasteiger partial charge >= 0.3 is 0 Å². The SMILES string of the molecule is CNC1CC(C(C)(C)C)C1.Cl. The molecule has 0 heterocycles. The number of halogens is 1. The maximum Gasteiger partial charge on any atom is 0.00697 e. The molecular weight excluding hydrogens is 158 g/mol. The zero-order valence-electron chi connectivity index (χ0n) is 7.98. The predicted octanol–water partition coefficient (Wildman–Crippen LogP) is 2.45. The average Bonchev–Trinajstić information content (AvgIpc) is 1.57. The van der Waals surface area contributed by atoms with Crippen LogP contribution in [0.25, 0.3) is 0 Å². The molecule has 1 aliphatic rings. The quantitative estimate of drug-likeness (QED) is 0.649. The monoisotopic (exact) mass is 177 g/mol. The van der Waals surface area contributed by atoms with E-state index in [9.17, 15) is 0 Å². The summed E-state index contributed by atoms with van der Waals surface area (Å²) in [4.78, 5) is 0. The Labute approximate surface area is 76.4 Å². The molecule has 1 fully saturated rings. The first-order valence-electron chi connectivity index (χ1n) is 4.21. The van der Waals surface area contributed by atoms with Crippen molar-refractivity contribution in [1.82, 2.24) is 5.32 Å². The molecule has 0 spiro atoms. The summed E-state index contributed by atoms with van der Waals surface area (Å²) >= 11 is 0. The molecular formula is C9H20ClN. The number of nitrogens with one attached hydrogen (secondary N) is 1. The highest BCUT2D eigenvalue weighted by Gasteiger charge is 2.35. The van der Waals surface area contributed by atoms with E-state index in [0.717, 1.165) is 12.0 Å². The second-order valence-electron chi connectivity index (χ2n) is 4.52. The summed E-state index contributed by atoms with van der Waals surface area (Å²) in [6, 6.07) is 0.809. The molecule has 1 nitrogen and oxygen atoms in total. The van der Waals surface area contributed by atoms with Crippen molar-refractivity contribution < 1.29 is 0 Å². The van der Waals surface area contributed by atoms with Crippen LogP contribution in [0.2, 0.25) is 0 Å². The topological polar surface area (TPSA) is 12.0 Å². The minimum absolute atomic E-state index is 0. The molecule has 0 atom stereocenters. The highest BCUT2D eigenvalue weighted by Crippen LogP contribution is 2.41. The van der Waals surface area contributed by atoms with E-state index in [1.165, 1.54) is 12.8 Å². The van der Waals surface area contributed by atoms with Crippen molar-refractivity contribution in [3.8, 4) is 0 Å². The molecule has 0 aromatic heterocycles. The maximum atomic E-state index is 3.30. The van der Waals surface area contributed by atoms with Gasteiger partial charge in [0.1, 0.15) is 0 Å². The van der Waals surface area contributed by atoms with Crippen molar-refractivity contribution in [2.45, 2.75) is 39.7 Å². The van der Waals surface area contributed by atoms with E-state index < -0.39 is 0 Å². The molecule has 0 unspecified atom stereocenters. The Bertz CT molecular complexity index is 111. The molecule has 11 heavy (non-hydrogen) atoms. The van der Waals surface area contributed by atoms with Crippen LogP contribution in [0.15, 0.2) is 0 Å². The smallest absolute Gasteiger partial charge is 0.00697 e. The lowest BCUT2D eigenvalue weighted by Gasteiger charge is -2.43. The van der Waals surface area contributed by atoms with Gasteiger partial charge in [-0.2, -0.15) is 0 Å². The van der Waals surface area contributed by atoms with Gasteiger partial charge in [-0.15, -0.1) is 12.4 Å². The lowest BCUT2D eigenvalue weighted by atomic mass is 9.66. The van der Waals surface area contributed by atoms with Gasteiger partial charge in [0.25, 0.3) is 0 Å². The second-order valence-corrected chi connectivity index (χ2v) is 4.52. The minimum Gasteiger partial charge on any atom is -0.317 e. The van der Waals surface area contributed by atoms with Crippen LogP contribution in [-0.2, 0) is 0 Å². The Morgan fingerprint density at radius 1 is 1.18 bits per heavy atom. The molecule has 2 heteroatoms. The lowest BCUT2D eigenvalue weighted by Crippen LogP contribution is -2.44. The molecule has 68 valence electrons. The molecule has 0 saturated heterocycles. The number of hydrogen-bond acceptors (Lipinski definition) is 1. The second kappa shape index (κ2) is 3.77. The zero-order chi connectivity index (χ0) is 7.78. The molecule has 1 aliphatic carbocycles. The first-order chi connectivity index (χ1) is 4.54. The summed E-state index contributed by atoms with van der Waals surface area (Å²) in [7, 11) is 2.06. The van der Waals surface area contributed by atoms with E-state index in [1.54, 1.807) is 0 Å². The third-order valence-corrected chi connectivity index (χ3v) is 2.77. The van der Waals surface area contributed by atoms with Gasteiger partial charge in [-0.25, -0.2) is 0 Å². The summed E-state index contributed by atoms with van der Waals surface area (Å²) < 4.78 is 0. The maximum absolute atomic E-state index is 3.30. The van der Waals surface area contributed by atoms with Crippen LogP contribution < -0.4 is 5.32 Å². The third-order valence-electron chi connectivity index (χ3n) is 2.77. The number of rotatable bonds is 1. The fraction of sp³-hybridized carbons (Fsp3) is 1.00. The van der Waals surface area contributed by atoms with Gasteiger partial charge in [0.05, 0.1) is 0 Å². The van der Waals surface area contributed by atoms with Gasteiger partial charge in [0.2, 0.25) is 0 Å². The molecule has 0 aromatic carbocycles. The summed E-state index contributed by atoms with van der Waals surface area (Å²) in [5, 5.41) is 3.30. The highest BCUT2D eigenvalue weighted by molar-refractivity contribution is 5.85. The van der Waals surface area contributed by atoms with Crippen molar-refractivity contribution in [2.75, 3.05) is 7.05 Å². The molecule has 1 rings (SSSR count). The van der Waals surface area contributed by atoms with Crippen molar-refractivity contribution in [2.24, 2.45) is 11.3 Å². The van der Waals surface area contributed by atoms with Crippen LogP contribution in [-0.4, -0.2) is 13.1 Å². The predicted molar refractivity (Wildman–Crippen MR) is 52.3 cm³/mol. The lowest BCUT2D eigenvalue weighted by molar-refractivity contribution is 0.103. The summed E-state index contributed by atoms with van der Waals surface area (Å²) in [6.45, 7) is 7.01. The molecule has 1 N–H and O–H groups in total. The van der Waals surface area contributed by atoms with Gasteiger partial charge in [0.15, 0.2) is 0 Å². The van der Waals surface area contributed by atoms with E-state index in [-0.39, 0.29) is 12.4 Å². The first kappa shape index (κ1) is 11.2. The van der Waals surface area contributed by atoms with Gasteiger partial charge < -0.3 is 5.32 Å². The fourth-order valence-electron chi connectivity index (χ4n) is 1.56. The standard InChI is InChI=1S/C9H19N.ClH/c1-9(2,3)7-5-8(6-7)10-4;/h7-8,10H,5-6H2,1-4H3;1H. The Morgan fingerprint density at radius 2 is 1.64 bits per heavy atom. The van der Waals surface area contributed by atoms with E-state index in [1.807, 2.05) is 0 Å². The van der Waals surface area contributed by atoms with Gasteiger partial charge in [-0.1, -0.05) is 20.8 Å². The molecule has 0 radical (unpaired) electrons. The minimum atomic E-state index is 0. The number of hydrogen-bond donors (Lipinski definition) is 1. The van der Waals surface area contributed by atoms with E-state index in [2.05, 4.69) is 33.1 Å². The summed E-state index contributed by atoms with van der Waals surface area (Å²) in [6.07, 6.45) is 2.75. The zero-order valence-corrected chi connectivity index (χ0v) is 8.79. The van der Waals surface area contributed by atoms with Crippen LogP contribution in [0.3, 0.4) is 0 Å². The summed E-state index contributed by atoms with van der Waals surface area (Å²) in [5.41, 5.74) is 0.535. The van der Waals surface area contributed by atoms with Crippen LogP contribution in [0.5, 0.6) is 0 Å². The van der Waals surface area contributed by atoms with Crippen molar-refractivity contribution in [3.05, 3.63) is 0 Å². The molecule has 1 saturated carbocycles. The fourth-order valence-corrected chi connectivity index (χ4v) is 1.56. The van der Waals surface area contributed by atoms with Crippen molar-refractivity contribution in [3.63, 3.8) is 0 Å². The molecule has 0 aliphatic heterocycles. The molecule has 0 bridgehead atoms. The third kappa shape index (κ3) is 2.64. The van der Waals surface area contributed by atoms with E-state index in [0.29, 0.717) is 5.41 Å². The van der Waals surface area contributed by atoms with Crippen LogP contribution in [0, 0.1) is 11.3 Å². The average molecular weight is 178 g/mol.